The fraction of sp³-hybridized carbons (Fsp3) is 1.00. The Bertz CT molecular complexity index is 615. The van der Waals surface area contributed by atoms with Crippen molar-refractivity contribution in [1.82, 2.24) is 14.7 Å². The second-order valence-corrected chi connectivity index (χ2v) is 12.1. The van der Waals surface area contributed by atoms with E-state index in [1.54, 1.807) is 0 Å². The summed E-state index contributed by atoms with van der Waals surface area (Å²) < 4.78 is 18.8. The summed E-state index contributed by atoms with van der Waals surface area (Å²) in [5, 5.41) is 0. The van der Waals surface area contributed by atoms with Crippen LogP contribution in [0, 0.1) is 0 Å². The van der Waals surface area contributed by atoms with E-state index >= 15 is 0 Å². The predicted octanol–water partition coefficient (Wildman–Crippen LogP) is 4.02. The molecule has 4 unspecified atom stereocenters. The summed E-state index contributed by atoms with van der Waals surface area (Å²) in [6.45, 7) is 27.9. The highest BCUT2D eigenvalue weighted by atomic mass is 16.5. The molecule has 0 aromatic rings. The molecule has 3 aliphatic rings. The third kappa shape index (κ3) is 6.50. The zero-order valence-corrected chi connectivity index (χ0v) is 23.2. The summed E-state index contributed by atoms with van der Waals surface area (Å²) in [5.41, 5.74) is 0.0631. The molecule has 6 heteroatoms. The first-order valence-corrected chi connectivity index (χ1v) is 13.6. The van der Waals surface area contributed by atoms with Crippen molar-refractivity contribution in [2.24, 2.45) is 0 Å². The Labute approximate surface area is 204 Å². The van der Waals surface area contributed by atoms with Gasteiger partial charge in [-0.1, -0.05) is 0 Å². The van der Waals surface area contributed by atoms with Crippen molar-refractivity contribution in [3.05, 3.63) is 0 Å². The van der Waals surface area contributed by atoms with Crippen LogP contribution < -0.4 is 0 Å². The molecule has 0 aromatic heterocycles. The third-order valence-electron chi connectivity index (χ3n) is 8.80. The summed E-state index contributed by atoms with van der Waals surface area (Å²) in [6, 6.07) is 2.41. The highest BCUT2D eigenvalue weighted by Gasteiger charge is 2.42. The number of rotatable bonds is 7. The summed E-state index contributed by atoms with van der Waals surface area (Å²) in [5.74, 6) is 0. The Morgan fingerprint density at radius 3 is 2.21 bits per heavy atom. The van der Waals surface area contributed by atoms with E-state index < -0.39 is 0 Å². The molecule has 3 fully saturated rings. The molecule has 0 aliphatic carbocycles. The van der Waals surface area contributed by atoms with Gasteiger partial charge in [0.2, 0.25) is 0 Å². The monoisotopic (exact) mass is 467 g/mol. The van der Waals surface area contributed by atoms with Crippen molar-refractivity contribution in [3.8, 4) is 0 Å². The molecule has 194 valence electrons. The van der Waals surface area contributed by atoms with Gasteiger partial charge in [-0.2, -0.15) is 0 Å². The van der Waals surface area contributed by atoms with E-state index in [-0.39, 0.29) is 23.9 Å². The second kappa shape index (κ2) is 11.2. The maximum absolute atomic E-state index is 6.56. The summed E-state index contributed by atoms with van der Waals surface area (Å²) in [7, 11) is 0. The first kappa shape index (κ1) is 27.3. The topological polar surface area (TPSA) is 37.4 Å². The van der Waals surface area contributed by atoms with E-state index in [4.69, 9.17) is 14.2 Å². The van der Waals surface area contributed by atoms with Crippen molar-refractivity contribution in [3.63, 3.8) is 0 Å². The van der Waals surface area contributed by atoms with E-state index in [0.717, 1.165) is 45.7 Å². The van der Waals surface area contributed by atoms with Crippen LogP contribution in [-0.4, -0.2) is 108 Å². The number of morpholine rings is 3. The number of nitrogens with zero attached hydrogens (tertiary/aromatic N) is 3. The molecule has 3 rings (SSSR count). The van der Waals surface area contributed by atoms with Crippen LogP contribution >= 0.6 is 0 Å². The quantitative estimate of drug-likeness (QED) is 0.563. The average Bonchev–Trinajstić information content (AvgIpc) is 2.73. The maximum atomic E-state index is 6.56. The van der Waals surface area contributed by atoms with Crippen molar-refractivity contribution >= 4 is 0 Å². The molecule has 3 aliphatic heterocycles. The van der Waals surface area contributed by atoms with Gasteiger partial charge >= 0.3 is 0 Å². The van der Waals surface area contributed by atoms with Gasteiger partial charge in [0, 0.05) is 55.4 Å². The lowest BCUT2D eigenvalue weighted by Gasteiger charge is -2.52. The first-order valence-electron chi connectivity index (χ1n) is 13.6. The van der Waals surface area contributed by atoms with Crippen molar-refractivity contribution in [1.29, 1.82) is 0 Å². The molecule has 3 saturated heterocycles. The molecule has 0 aromatic carbocycles. The third-order valence-corrected chi connectivity index (χ3v) is 8.80. The average molecular weight is 468 g/mol. The minimum Gasteiger partial charge on any atom is -0.376 e. The van der Waals surface area contributed by atoms with Crippen LogP contribution in [0.5, 0.6) is 0 Å². The van der Waals surface area contributed by atoms with Crippen LogP contribution in [0.4, 0.5) is 0 Å². The van der Waals surface area contributed by atoms with Crippen LogP contribution in [-0.2, 0) is 14.2 Å². The summed E-state index contributed by atoms with van der Waals surface area (Å²) >= 11 is 0. The lowest BCUT2D eigenvalue weighted by Crippen LogP contribution is -2.63. The van der Waals surface area contributed by atoms with Gasteiger partial charge in [0.25, 0.3) is 0 Å². The molecule has 0 N–H and O–H groups in total. The zero-order chi connectivity index (χ0) is 24.5. The van der Waals surface area contributed by atoms with E-state index in [1.807, 2.05) is 0 Å². The van der Waals surface area contributed by atoms with Crippen molar-refractivity contribution < 1.29 is 14.2 Å². The summed E-state index contributed by atoms with van der Waals surface area (Å²) in [6.07, 6.45) is 3.20. The molecule has 33 heavy (non-hydrogen) atoms. The minimum atomic E-state index is 0.0631. The molecular weight excluding hydrogens is 414 g/mol. The van der Waals surface area contributed by atoms with Gasteiger partial charge in [-0.25, -0.2) is 0 Å². The van der Waals surface area contributed by atoms with Gasteiger partial charge in [-0.3, -0.25) is 14.7 Å². The lowest BCUT2D eigenvalue weighted by molar-refractivity contribution is -0.157. The normalized spacial score (nSPS) is 39.2. The minimum absolute atomic E-state index is 0.0631. The zero-order valence-electron chi connectivity index (χ0n) is 23.2. The Morgan fingerprint density at radius 2 is 1.55 bits per heavy atom. The number of ether oxygens (including phenoxy) is 3. The maximum Gasteiger partial charge on any atom is 0.0721 e. The highest BCUT2D eigenvalue weighted by Crippen LogP contribution is 2.33. The van der Waals surface area contributed by atoms with Gasteiger partial charge in [-0.15, -0.1) is 0 Å². The van der Waals surface area contributed by atoms with Crippen LogP contribution in [0.1, 0.15) is 82.1 Å². The molecule has 8 atom stereocenters. The molecule has 0 spiro atoms. The van der Waals surface area contributed by atoms with Crippen molar-refractivity contribution in [2.45, 2.75) is 142 Å². The SMILES string of the molecule is CC(C)N1CC(CC(C)(C)N2CC(CC(C)N3CCO[C@H](C)[C@H]3C)O[C@@H](C)[C@H]2C)OCC1C. The Balaban J connectivity index is 1.63. The second-order valence-electron chi connectivity index (χ2n) is 12.1. The molecule has 0 radical (unpaired) electrons. The van der Waals surface area contributed by atoms with Crippen LogP contribution in [0.3, 0.4) is 0 Å². The van der Waals surface area contributed by atoms with Gasteiger partial charge in [0.1, 0.15) is 0 Å². The van der Waals surface area contributed by atoms with Crippen molar-refractivity contribution in [2.75, 3.05) is 32.8 Å². The fourth-order valence-corrected chi connectivity index (χ4v) is 6.48. The van der Waals surface area contributed by atoms with Gasteiger partial charge in [0.05, 0.1) is 37.6 Å². The first-order chi connectivity index (χ1) is 15.4. The molecule has 0 bridgehead atoms. The highest BCUT2D eigenvalue weighted by molar-refractivity contribution is 4.96. The molecule has 0 amide bonds. The van der Waals surface area contributed by atoms with Gasteiger partial charge in [-0.05, 0) is 82.1 Å². The Kier molecular flexibility index (Phi) is 9.30. The fourth-order valence-electron chi connectivity index (χ4n) is 6.48. The van der Waals surface area contributed by atoms with Gasteiger partial charge < -0.3 is 14.2 Å². The smallest absolute Gasteiger partial charge is 0.0721 e. The Hall–Kier alpha value is -0.240. The van der Waals surface area contributed by atoms with Gasteiger partial charge in [0.15, 0.2) is 0 Å². The molecule has 6 nitrogen and oxygen atoms in total. The van der Waals surface area contributed by atoms with E-state index in [0.29, 0.717) is 36.3 Å². The van der Waals surface area contributed by atoms with Crippen LogP contribution in [0.2, 0.25) is 0 Å². The number of hydrogen-bond donors (Lipinski definition) is 0. The molecular formula is C27H53N3O3. The van der Waals surface area contributed by atoms with E-state index in [9.17, 15) is 0 Å². The Morgan fingerprint density at radius 1 is 0.848 bits per heavy atom. The van der Waals surface area contributed by atoms with Crippen LogP contribution in [0.15, 0.2) is 0 Å². The molecule has 3 heterocycles. The summed E-state index contributed by atoms with van der Waals surface area (Å²) in [4.78, 5) is 7.93. The van der Waals surface area contributed by atoms with E-state index in [1.165, 1.54) is 0 Å². The molecule has 0 saturated carbocycles. The lowest BCUT2D eigenvalue weighted by atomic mass is 9.88. The largest absolute Gasteiger partial charge is 0.376 e. The standard InChI is InChI=1S/C27H53N3O3/c1-18(2)29-15-26(32-17-20(29)4)14-27(9,10)30-16-25(33-24(8)22(30)6)13-19(3)28-11-12-31-23(7)21(28)5/h18-26H,11-17H2,1-10H3/t19?,20?,21-,22-,23-,24+,25?,26?/m1/s1. The van der Waals surface area contributed by atoms with Crippen LogP contribution in [0.25, 0.3) is 0 Å². The number of hydrogen-bond acceptors (Lipinski definition) is 6. The predicted molar refractivity (Wildman–Crippen MR) is 136 cm³/mol. The van der Waals surface area contributed by atoms with E-state index in [2.05, 4.69) is 83.9 Å².